The van der Waals surface area contributed by atoms with E-state index in [9.17, 15) is 9.50 Å². The maximum Gasteiger partial charge on any atom is 0.123 e. The third-order valence-corrected chi connectivity index (χ3v) is 3.85. The summed E-state index contributed by atoms with van der Waals surface area (Å²) in [5.41, 5.74) is 6.33. The number of hydrogen-bond donors (Lipinski definition) is 2. The number of phenolic OH excluding ortho intramolecular Hbond substituents is 1. The van der Waals surface area contributed by atoms with Gasteiger partial charge in [0.05, 0.1) is 0 Å². The zero-order chi connectivity index (χ0) is 12.3. The van der Waals surface area contributed by atoms with Crippen molar-refractivity contribution in [2.24, 2.45) is 11.7 Å². The highest BCUT2D eigenvalue weighted by Gasteiger charge is 2.23. The molecule has 3 heteroatoms. The summed E-state index contributed by atoms with van der Waals surface area (Å²) in [5, 5.41) is 9.77. The number of rotatable bonds is 3. The van der Waals surface area contributed by atoms with Crippen LogP contribution in [-0.2, 0) is 0 Å². The molecule has 1 fully saturated rings. The fraction of sp³-hybridized carbons (Fsp3) is 0.571. The van der Waals surface area contributed by atoms with Gasteiger partial charge in [-0.05, 0) is 74.2 Å². The number of benzene rings is 1. The lowest BCUT2D eigenvalue weighted by molar-refractivity contribution is 0.308. The zero-order valence-corrected chi connectivity index (χ0v) is 10.0. The van der Waals surface area contributed by atoms with E-state index >= 15 is 0 Å². The molecule has 1 aromatic carbocycles. The lowest BCUT2D eigenvalue weighted by atomic mass is 9.77. The van der Waals surface area contributed by atoms with Gasteiger partial charge in [-0.15, -0.1) is 0 Å². The van der Waals surface area contributed by atoms with Gasteiger partial charge in [-0.25, -0.2) is 4.39 Å². The molecule has 2 rings (SSSR count). The molecule has 0 radical (unpaired) electrons. The molecule has 1 saturated carbocycles. The Hall–Kier alpha value is -1.09. The summed E-state index contributed by atoms with van der Waals surface area (Å²) in [6.07, 6.45) is 5.42. The van der Waals surface area contributed by atoms with Crippen LogP contribution in [0.4, 0.5) is 4.39 Å². The summed E-state index contributed by atoms with van der Waals surface area (Å²) >= 11 is 0. The van der Waals surface area contributed by atoms with Gasteiger partial charge < -0.3 is 10.8 Å². The van der Waals surface area contributed by atoms with Gasteiger partial charge in [0.2, 0.25) is 0 Å². The van der Waals surface area contributed by atoms with Crippen molar-refractivity contribution in [1.82, 2.24) is 0 Å². The summed E-state index contributed by atoms with van der Waals surface area (Å²) in [4.78, 5) is 0. The van der Waals surface area contributed by atoms with E-state index in [0.29, 0.717) is 11.8 Å². The first-order chi connectivity index (χ1) is 8.20. The van der Waals surface area contributed by atoms with E-state index in [1.54, 1.807) is 0 Å². The highest BCUT2D eigenvalue weighted by molar-refractivity contribution is 5.35. The van der Waals surface area contributed by atoms with Crippen LogP contribution >= 0.6 is 0 Å². The van der Waals surface area contributed by atoms with Gasteiger partial charge in [0.25, 0.3) is 0 Å². The van der Waals surface area contributed by atoms with Crippen molar-refractivity contribution in [2.45, 2.75) is 38.0 Å². The second-order valence-corrected chi connectivity index (χ2v) is 5.00. The Morgan fingerprint density at radius 2 is 1.94 bits per heavy atom. The zero-order valence-electron chi connectivity index (χ0n) is 10.0. The summed E-state index contributed by atoms with van der Waals surface area (Å²) in [6.45, 7) is 0.751. The summed E-state index contributed by atoms with van der Waals surface area (Å²) in [5.74, 6) is 0.988. The maximum atomic E-state index is 13.2. The molecule has 94 valence electrons. The van der Waals surface area contributed by atoms with E-state index in [0.717, 1.165) is 44.2 Å². The topological polar surface area (TPSA) is 46.2 Å². The van der Waals surface area contributed by atoms with Crippen LogP contribution in [-0.4, -0.2) is 11.7 Å². The minimum absolute atomic E-state index is 0.230. The lowest BCUT2D eigenvalue weighted by Crippen LogP contribution is -2.16. The van der Waals surface area contributed by atoms with E-state index in [2.05, 4.69) is 0 Å². The second-order valence-electron chi connectivity index (χ2n) is 5.00. The van der Waals surface area contributed by atoms with Crippen LogP contribution in [0.1, 0.15) is 43.6 Å². The van der Waals surface area contributed by atoms with E-state index in [1.165, 1.54) is 18.2 Å². The van der Waals surface area contributed by atoms with E-state index in [4.69, 9.17) is 5.73 Å². The van der Waals surface area contributed by atoms with Crippen LogP contribution in [0, 0.1) is 11.7 Å². The van der Waals surface area contributed by atoms with Crippen molar-refractivity contribution in [3.63, 3.8) is 0 Å². The van der Waals surface area contributed by atoms with E-state index in [-0.39, 0.29) is 11.6 Å². The second kappa shape index (κ2) is 5.50. The Morgan fingerprint density at radius 1 is 1.24 bits per heavy atom. The number of aromatic hydroxyl groups is 1. The normalized spacial score (nSPS) is 24.8. The van der Waals surface area contributed by atoms with Gasteiger partial charge in [0, 0.05) is 0 Å². The van der Waals surface area contributed by atoms with Gasteiger partial charge in [0.1, 0.15) is 11.6 Å². The highest BCUT2D eigenvalue weighted by atomic mass is 19.1. The SMILES string of the molecule is NCCC1CCC(c2cc(F)ccc2O)CC1. The van der Waals surface area contributed by atoms with Crippen LogP contribution in [0.25, 0.3) is 0 Å². The molecule has 0 aromatic heterocycles. The maximum absolute atomic E-state index is 13.2. The molecular weight excluding hydrogens is 217 g/mol. The van der Waals surface area contributed by atoms with Gasteiger partial charge in [0.15, 0.2) is 0 Å². The van der Waals surface area contributed by atoms with Crippen LogP contribution < -0.4 is 5.73 Å². The molecule has 1 aliphatic rings. The van der Waals surface area contributed by atoms with Gasteiger partial charge >= 0.3 is 0 Å². The van der Waals surface area contributed by atoms with Crippen LogP contribution in [0.2, 0.25) is 0 Å². The third kappa shape index (κ3) is 2.97. The Kier molecular flexibility index (Phi) is 4.00. The van der Waals surface area contributed by atoms with Crippen molar-refractivity contribution in [2.75, 3.05) is 6.54 Å². The quantitative estimate of drug-likeness (QED) is 0.848. The number of phenols is 1. The van der Waals surface area contributed by atoms with E-state index in [1.807, 2.05) is 0 Å². The smallest absolute Gasteiger partial charge is 0.123 e. The molecule has 0 heterocycles. The third-order valence-electron chi connectivity index (χ3n) is 3.85. The van der Waals surface area contributed by atoms with Crippen molar-refractivity contribution in [3.8, 4) is 5.75 Å². The molecule has 0 atom stereocenters. The van der Waals surface area contributed by atoms with Crippen molar-refractivity contribution >= 4 is 0 Å². The first-order valence-corrected chi connectivity index (χ1v) is 6.39. The molecule has 0 aliphatic heterocycles. The molecule has 17 heavy (non-hydrogen) atoms. The summed E-state index contributed by atoms with van der Waals surface area (Å²) in [6, 6.07) is 4.23. The van der Waals surface area contributed by atoms with Gasteiger partial charge in [-0.3, -0.25) is 0 Å². The predicted octanol–water partition coefficient (Wildman–Crippen LogP) is 3.15. The van der Waals surface area contributed by atoms with Gasteiger partial charge in [-0.2, -0.15) is 0 Å². The molecule has 2 nitrogen and oxygen atoms in total. The molecule has 0 bridgehead atoms. The highest BCUT2D eigenvalue weighted by Crippen LogP contribution is 2.40. The Labute approximate surface area is 102 Å². The van der Waals surface area contributed by atoms with Gasteiger partial charge in [-0.1, -0.05) is 0 Å². The lowest BCUT2D eigenvalue weighted by Gasteiger charge is -2.28. The minimum Gasteiger partial charge on any atom is -0.508 e. The molecule has 0 spiro atoms. The molecule has 1 aliphatic carbocycles. The average Bonchev–Trinajstić information content (AvgIpc) is 2.34. The standard InChI is InChI=1S/C14H20FNO/c15-12-5-6-14(17)13(9-12)11-3-1-10(2-4-11)7-8-16/h5-6,9-11,17H,1-4,7-8,16H2. The number of halogens is 1. The van der Waals surface area contributed by atoms with Crippen molar-refractivity contribution in [1.29, 1.82) is 0 Å². The Balaban J connectivity index is 2.02. The van der Waals surface area contributed by atoms with E-state index < -0.39 is 0 Å². The fourth-order valence-corrected chi connectivity index (χ4v) is 2.85. The molecule has 1 aromatic rings. The molecule has 3 N–H and O–H groups in total. The first-order valence-electron chi connectivity index (χ1n) is 6.39. The monoisotopic (exact) mass is 237 g/mol. The Bertz CT molecular complexity index is 372. The summed E-state index contributed by atoms with van der Waals surface area (Å²) < 4.78 is 13.2. The number of hydrogen-bond acceptors (Lipinski definition) is 2. The summed E-state index contributed by atoms with van der Waals surface area (Å²) in [7, 11) is 0. The number of nitrogens with two attached hydrogens (primary N) is 1. The molecular formula is C14H20FNO. The largest absolute Gasteiger partial charge is 0.508 e. The molecule has 0 saturated heterocycles. The van der Waals surface area contributed by atoms with Crippen molar-refractivity contribution in [3.05, 3.63) is 29.6 Å². The molecule has 0 unspecified atom stereocenters. The predicted molar refractivity (Wildman–Crippen MR) is 66.4 cm³/mol. The van der Waals surface area contributed by atoms with Crippen molar-refractivity contribution < 1.29 is 9.50 Å². The minimum atomic E-state index is -0.262. The van der Waals surface area contributed by atoms with Crippen LogP contribution in [0.5, 0.6) is 5.75 Å². The Morgan fingerprint density at radius 3 is 2.59 bits per heavy atom. The van der Waals surface area contributed by atoms with Crippen LogP contribution in [0.3, 0.4) is 0 Å². The van der Waals surface area contributed by atoms with Crippen LogP contribution in [0.15, 0.2) is 18.2 Å². The fourth-order valence-electron chi connectivity index (χ4n) is 2.85. The molecule has 0 amide bonds. The first kappa shape index (κ1) is 12.4. The average molecular weight is 237 g/mol.